The Kier molecular flexibility index (Phi) is 181. The van der Waals surface area contributed by atoms with Crippen molar-refractivity contribution < 1.29 is 61.8 Å². The van der Waals surface area contributed by atoms with Crippen LogP contribution in [0, 0.1) is 123 Å². The Morgan fingerprint density at radius 3 is 0.216 bits per heavy atom. The van der Waals surface area contributed by atoms with Gasteiger partial charge in [-0.25, -0.2) is 0 Å². The van der Waals surface area contributed by atoms with Crippen LogP contribution in [0.5, 0.6) is 0 Å². The molecule has 0 spiro atoms. The van der Waals surface area contributed by atoms with Crippen LogP contribution < -0.4 is 24.6 Å². The largest absolute Gasteiger partial charge is 4.00 e. The number of hydrogen-bond donors (Lipinski definition) is 4. The van der Waals surface area contributed by atoms with Crippen molar-refractivity contribution in [2.75, 3.05) is 0 Å². The summed E-state index contributed by atoms with van der Waals surface area (Å²) in [6.45, 7) is 0. The molecule has 37 heteroatoms. The second-order valence-electron chi connectivity index (χ2n) is 1.79. The molecular formula is H16N12O24Pt. The van der Waals surface area contributed by atoms with Gasteiger partial charge in [0.2, 0.25) is 0 Å². The summed E-state index contributed by atoms with van der Waals surface area (Å²) >= 11 is 0. The van der Waals surface area contributed by atoms with E-state index in [4.69, 9.17) is 123 Å². The third kappa shape index (κ3) is 691. The zero-order valence-electron chi connectivity index (χ0n) is 17.7. The molecule has 0 rings (SSSR count). The van der Waals surface area contributed by atoms with Crippen LogP contribution in [0.4, 0.5) is 0 Å². The van der Waals surface area contributed by atoms with Gasteiger partial charge in [0.15, 0.2) is 0 Å². The molecule has 0 radical (unpaired) electrons. The molecule has 37 heavy (non-hydrogen) atoms. The Morgan fingerprint density at radius 1 is 0.216 bits per heavy atom. The van der Waals surface area contributed by atoms with E-state index in [0.29, 0.717) is 0 Å². The molecular weight excluding hydrogens is 747 g/mol. The Hall–Kier alpha value is -5.87. The van der Waals surface area contributed by atoms with E-state index in [-0.39, 0.29) is 45.7 Å². The first-order valence-electron chi connectivity index (χ1n) is 4.38. The van der Waals surface area contributed by atoms with Crippen LogP contribution in [0.3, 0.4) is 0 Å². The monoisotopic (exact) mass is 763 g/mol. The number of nitrogens with zero attached hydrogens (tertiary/aromatic N) is 8. The van der Waals surface area contributed by atoms with Crippen LogP contribution in [0.1, 0.15) is 0 Å². The first kappa shape index (κ1) is 86.0. The summed E-state index contributed by atoms with van der Waals surface area (Å²) in [5, 5.41) is 118. The minimum Gasteiger partial charge on any atom is -0.369 e. The van der Waals surface area contributed by atoms with Crippen molar-refractivity contribution in [3.63, 3.8) is 0 Å². The molecule has 0 saturated carbocycles. The number of hydrogen-bond acceptors (Lipinski definition) is 24. The van der Waals surface area contributed by atoms with Gasteiger partial charge < -0.3 is 147 Å². The summed E-state index contributed by atoms with van der Waals surface area (Å²) in [6, 6.07) is 0. The smallest absolute Gasteiger partial charge is 0.369 e. The minimum atomic E-state index is -1.75. The van der Waals surface area contributed by atoms with Crippen molar-refractivity contribution >= 4 is 0 Å². The van der Waals surface area contributed by atoms with Crippen LogP contribution in [0.15, 0.2) is 0 Å². The maximum absolute atomic E-state index is 8.25. The Balaban J connectivity index is -0.0000000159. The van der Waals surface area contributed by atoms with Gasteiger partial charge in [-0.1, -0.05) is 0 Å². The summed E-state index contributed by atoms with van der Waals surface area (Å²) in [5.74, 6) is 0. The molecule has 0 aliphatic rings. The van der Waals surface area contributed by atoms with Gasteiger partial charge in [0.25, 0.3) is 0 Å². The van der Waals surface area contributed by atoms with E-state index in [1.807, 2.05) is 0 Å². The van der Waals surface area contributed by atoms with Crippen molar-refractivity contribution in [2.24, 2.45) is 0 Å². The molecule has 0 aromatic heterocycles. The van der Waals surface area contributed by atoms with Crippen molar-refractivity contribution in [3.05, 3.63) is 123 Å². The SMILES string of the molecule is O=[N+]([O-])[O-].O=[N+]([O-])[O-].O=[N+]([O-])[O-].O=[N+]([O-])[O-].O=[N+]([O-])[O-].O=[N+]([O-])[O-].O=[N+]([O-])[O-].O=[N+]([O-])[O-].[NH4+].[NH4+].[NH4+].[NH4+].[Pt+4]. The third-order valence-corrected chi connectivity index (χ3v) is 0. The van der Waals surface area contributed by atoms with Gasteiger partial charge in [0.05, 0.1) is 40.7 Å². The fraction of sp³-hybridized carbons (Fsp3) is 0. The van der Waals surface area contributed by atoms with Crippen LogP contribution in [0.2, 0.25) is 0 Å². The van der Waals surface area contributed by atoms with Crippen LogP contribution in [-0.4, -0.2) is 40.7 Å². The van der Waals surface area contributed by atoms with E-state index in [2.05, 4.69) is 0 Å². The molecule has 0 aromatic carbocycles. The van der Waals surface area contributed by atoms with Crippen molar-refractivity contribution in [2.45, 2.75) is 0 Å². The Labute approximate surface area is 210 Å². The third-order valence-electron chi connectivity index (χ3n) is 0. The van der Waals surface area contributed by atoms with Gasteiger partial charge in [-0.2, -0.15) is 0 Å². The Morgan fingerprint density at radius 2 is 0.216 bits per heavy atom. The van der Waals surface area contributed by atoms with Crippen LogP contribution >= 0.6 is 0 Å². The summed E-state index contributed by atoms with van der Waals surface area (Å²) < 4.78 is 0. The topological polar surface area (TPSA) is 676 Å². The summed E-state index contributed by atoms with van der Waals surface area (Å²) in [7, 11) is 0. The molecule has 0 unspecified atom stereocenters. The zero-order valence-corrected chi connectivity index (χ0v) is 20.0. The molecule has 0 amide bonds. The molecule has 0 heterocycles. The molecule has 0 fully saturated rings. The van der Waals surface area contributed by atoms with Crippen molar-refractivity contribution in [3.8, 4) is 0 Å². The summed E-state index contributed by atoms with van der Waals surface area (Å²) in [6.07, 6.45) is 0. The van der Waals surface area contributed by atoms with E-state index >= 15 is 0 Å². The molecule has 0 bridgehead atoms. The van der Waals surface area contributed by atoms with Gasteiger partial charge in [0, 0.05) is 0 Å². The normalized spacial score (nSPS) is 5.19. The predicted octanol–water partition coefficient (Wildman–Crippen LogP) is -0.410. The number of quaternary nitrogens is 4. The van der Waals surface area contributed by atoms with Gasteiger partial charge in [-0.05, 0) is 0 Å². The Bertz CT molecular complexity index is 368. The molecule has 0 aromatic rings. The van der Waals surface area contributed by atoms with Gasteiger partial charge in [0.1, 0.15) is 0 Å². The van der Waals surface area contributed by atoms with Crippen LogP contribution in [0.25, 0.3) is 0 Å². The molecule has 0 aliphatic carbocycles. The van der Waals surface area contributed by atoms with Gasteiger partial charge in [-0.15, -0.1) is 0 Å². The van der Waals surface area contributed by atoms with Crippen molar-refractivity contribution in [1.82, 2.24) is 24.6 Å². The summed E-state index contributed by atoms with van der Waals surface area (Å²) in [5.41, 5.74) is 0. The zero-order chi connectivity index (χ0) is 28.6. The van der Waals surface area contributed by atoms with E-state index in [1.54, 1.807) is 0 Å². The van der Waals surface area contributed by atoms with Gasteiger partial charge >= 0.3 is 21.1 Å². The first-order valence-corrected chi connectivity index (χ1v) is 4.38. The molecule has 0 saturated heterocycles. The fourth-order valence-corrected chi connectivity index (χ4v) is 0. The van der Waals surface area contributed by atoms with E-state index < -0.39 is 40.7 Å². The predicted molar refractivity (Wildman–Crippen MR) is 107 cm³/mol. The van der Waals surface area contributed by atoms with E-state index in [1.165, 1.54) is 0 Å². The summed E-state index contributed by atoms with van der Waals surface area (Å²) in [4.78, 5) is 66.0. The fourth-order valence-electron chi connectivity index (χ4n) is 0. The molecule has 0 aliphatic heterocycles. The first-order chi connectivity index (χ1) is 13.9. The quantitative estimate of drug-likeness (QED) is 0.180. The van der Waals surface area contributed by atoms with Crippen LogP contribution in [-0.2, 0) is 21.1 Å². The average Bonchev–Trinajstić information content (AvgIpc) is 2.30. The van der Waals surface area contributed by atoms with E-state index in [0.717, 1.165) is 0 Å². The van der Waals surface area contributed by atoms with Gasteiger partial charge in [-0.3, -0.25) is 0 Å². The van der Waals surface area contributed by atoms with E-state index in [9.17, 15) is 0 Å². The van der Waals surface area contributed by atoms with Crippen molar-refractivity contribution in [1.29, 1.82) is 0 Å². The maximum Gasteiger partial charge on any atom is 4.00 e. The molecule has 0 atom stereocenters. The molecule has 16 N–H and O–H groups in total. The maximum atomic E-state index is 8.25. The second-order valence-corrected chi connectivity index (χ2v) is 1.79. The standard InChI is InChI=1S/8NO3.4H3N.Pt/c8*2-1(3)4;;;;;/h;;;;;;;;4*1H3;/q8*-1;;;;;+4/p+4. The minimum absolute atomic E-state index is 0. The molecule has 36 nitrogen and oxygen atoms in total. The number of rotatable bonds is 0. The molecule has 230 valence electrons. The second kappa shape index (κ2) is 77.8. The average molecular weight is 763 g/mol.